The fourth-order valence-corrected chi connectivity index (χ4v) is 0.434. The van der Waals surface area contributed by atoms with Crippen molar-refractivity contribution in [2.75, 3.05) is 13.2 Å². The summed E-state index contributed by atoms with van der Waals surface area (Å²) in [6, 6.07) is 0. The Bertz CT molecular complexity index is 93.0. The SMILES string of the molecule is [CH2]C(S)(OCCO)C(C)O. The molecule has 0 heterocycles. The molecule has 0 aliphatic rings. The Morgan fingerprint density at radius 1 is 1.80 bits per heavy atom. The molecule has 0 aliphatic heterocycles. The molecule has 2 N–H and O–H groups in total. The lowest BCUT2D eigenvalue weighted by molar-refractivity contribution is -0.0366. The first-order chi connectivity index (χ1) is 4.50. The minimum absolute atomic E-state index is 0.0927. The van der Waals surface area contributed by atoms with Crippen molar-refractivity contribution in [3.8, 4) is 0 Å². The van der Waals surface area contributed by atoms with E-state index in [0.717, 1.165) is 0 Å². The quantitative estimate of drug-likeness (QED) is 0.400. The molecule has 1 radical (unpaired) electrons. The van der Waals surface area contributed by atoms with E-state index < -0.39 is 11.0 Å². The molecule has 0 saturated heterocycles. The number of aliphatic hydroxyl groups excluding tert-OH is 2. The van der Waals surface area contributed by atoms with Crippen molar-refractivity contribution in [1.82, 2.24) is 0 Å². The first-order valence-electron chi connectivity index (χ1n) is 3.01. The largest absolute Gasteiger partial charge is 0.394 e. The summed E-state index contributed by atoms with van der Waals surface area (Å²) < 4.78 is 4.89. The summed E-state index contributed by atoms with van der Waals surface area (Å²) in [6.07, 6.45) is -0.762. The second-order valence-corrected chi connectivity index (χ2v) is 2.85. The molecule has 3 nitrogen and oxygen atoms in total. The van der Waals surface area contributed by atoms with E-state index in [1.54, 1.807) is 0 Å². The first-order valence-corrected chi connectivity index (χ1v) is 3.46. The van der Waals surface area contributed by atoms with Gasteiger partial charge in [-0.1, -0.05) is 0 Å². The van der Waals surface area contributed by atoms with Crippen LogP contribution in [0.1, 0.15) is 6.92 Å². The molecule has 0 amide bonds. The molecule has 0 rings (SSSR count). The highest BCUT2D eigenvalue weighted by Crippen LogP contribution is 2.18. The zero-order chi connectivity index (χ0) is 8.20. The Hall–Kier alpha value is 0.230. The van der Waals surface area contributed by atoms with Gasteiger partial charge in [-0.15, -0.1) is 12.6 Å². The van der Waals surface area contributed by atoms with Crippen LogP contribution in [-0.4, -0.2) is 34.5 Å². The summed E-state index contributed by atoms with van der Waals surface area (Å²) in [4.78, 5) is -1.11. The van der Waals surface area contributed by atoms with Crippen LogP contribution in [0, 0.1) is 6.92 Å². The van der Waals surface area contributed by atoms with Crippen LogP contribution in [0.3, 0.4) is 0 Å². The number of aliphatic hydroxyl groups is 2. The van der Waals surface area contributed by atoms with Crippen LogP contribution in [0.4, 0.5) is 0 Å². The van der Waals surface area contributed by atoms with Crippen molar-refractivity contribution in [3.05, 3.63) is 6.92 Å². The van der Waals surface area contributed by atoms with Crippen LogP contribution in [0.5, 0.6) is 0 Å². The van der Waals surface area contributed by atoms with Gasteiger partial charge in [0.1, 0.15) is 4.93 Å². The summed E-state index contributed by atoms with van der Waals surface area (Å²) in [6.45, 7) is 5.06. The normalized spacial score (nSPS) is 20.1. The lowest BCUT2D eigenvalue weighted by atomic mass is 10.2. The lowest BCUT2D eigenvalue weighted by Crippen LogP contribution is -2.35. The van der Waals surface area contributed by atoms with Gasteiger partial charge in [-0.2, -0.15) is 0 Å². The van der Waals surface area contributed by atoms with E-state index in [-0.39, 0.29) is 13.2 Å². The van der Waals surface area contributed by atoms with Crippen LogP contribution >= 0.6 is 12.6 Å². The molecule has 0 aliphatic carbocycles. The Kier molecular flexibility index (Phi) is 4.28. The van der Waals surface area contributed by atoms with Crippen LogP contribution in [0.2, 0.25) is 0 Å². The average molecular weight is 165 g/mol. The minimum Gasteiger partial charge on any atom is -0.394 e. The molecule has 0 bridgehead atoms. The van der Waals surface area contributed by atoms with Gasteiger partial charge in [-0.3, -0.25) is 0 Å². The van der Waals surface area contributed by atoms with Gasteiger partial charge in [0.2, 0.25) is 0 Å². The lowest BCUT2D eigenvalue weighted by Gasteiger charge is -2.26. The van der Waals surface area contributed by atoms with Gasteiger partial charge >= 0.3 is 0 Å². The summed E-state index contributed by atoms with van der Waals surface area (Å²) in [7, 11) is 0. The molecule has 0 fully saturated rings. The molecule has 2 atom stereocenters. The molecule has 10 heavy (non-hydrogen) atoms. The average Bonchev–Trinajstić information content (AvgIpc) is 1.84. The van der Waals surface area contributed by atoms with Gasteiger partial charge in [0, 0.05) is 0 Å². The van der Waals surface area contributed by atoms with Gasteiger partial charge < -0.3 is 14.9 Å². The third kappa shape index (κ3) is 3.41. The van der Waals surface area contributed by atoms with Crippen molar-refractivity contribution in [2.45, 2.75) is 18.0 Å². The van der Waals surface area contributed by atoms with Crippen molar-refractivity contribution in [3.63, 3.8) is 0 Å². The van der Waals surface area contributed by atoms with Gasteiger partial charge in [0.05, 0.1) is 19.3 Å². The Morgan fingerprint density at radius 3 is 2.60 bits per heavy atom. The molecule has 4 heteroatoms. The van der Waals surface area contributed by atoms with Crippen LogP contribution in [-0.2, 0) is 4.74 Å². The molecule has 0 aromatic carbocycles. The maximum absolute atomic E-state index is 8.96. The van der Waals surface area contributed by atoms with E-state index in [2.05, 4.69) is 19.6 Å². The zero-order valence-corrected chi connectivity index (χ0v) is 6.84. The molecule has 0 saturated carbocycles. The predicted octanol–water partition coefficient (Wildman–Crippen LogP) is -0.164. The van der Waals surface area contributed by atoms with E-state index in [9.17, 15) is 0 Å². The second-order valence-electron chi connectivity index (χ2n) is 2.09. The van der Waals surface area contributed by atoms with Crippen molar-refractivity contribution in [2.24, 2.45) is 0 Å². The molecular formula is C6H13O3S. The predicted molar refractivity (Wildman–Crippen MR) is 41.8 cm³/mol. The van der Waals surface area contributed by atoms with E-state index >= 15 is 0 Å². The Labute approximate surface area is 66.4 Å². The highest BCUT2D eigenvalue weighted by atomic mass is 32.1. The molecule has 2 unspecified atom stereocenters. The number of ether oxygens (including phenoxy) is 1. The zero-order valence-electron chi connectivity index (χ0n) is 5.95. The van der Waals surface area contributed by atoms with E-state index in [1.807, 2.05) is 0 Å². The summed E-state index contributed by atoms with van der Waals surface area (Å²) in [5, 5.41) is 17.3. The molecule has 0 aromatic heterocycles. The highest BCUT2D eigenvalue weighted by Gasteiger charge is 2.25. The standard InChI is InChI=1S/C6H13O3S/c1-5(8)6(2,10)9-4-3-7/h5,7-8,10H,2-4H2,1H3. The highest BCUT2D eigenvalue weighted by molar-refractivity contribution is 7.81. The van der Waals surface area contributed by atoms with Crippen molar-refractivity contribution < 1.29 is 14.9 Å². The minimum atomic E-state index is -1.11. The molecule has 61 valence electrons. The summed E-state index contributed by atoms with van der Waals surface area (Å²) in [5.41, 5.74) is 0. The fraction of sp³-hybridized carbons (Fsp3) is 0.833. The number of hydrogen-bond acceptors (Lipinski definition) is 4. The molecular weight excluding hydrogens is 152 g/mol. The fourth-order valence-electron chi connectivity index (χ4n) is 0.343. The van der Waals surface area contributed by atoms with Crippen molar-refractivity contribution >= 4 is 12.6 Å². The smallest absolute Gasteiger partial charge is 0.136 e. The summed E-state index contributed by atoms with van der Waals surface area (Å²) in [5.74, 6) is 0. The molecule has 0 spiro atoms. The topological polar surface area (TPSA) is 49.7 Å². The summed E-state index contributed by atoms with van der Waals surface area (Å²) >= 11 is 3.92. The maximum Gasteiger partial charge on any atom is 0.136 e. The van der Waals surface area contributed by atoms with Gasteiger partial charge in [-0.05, 0) is 13.8 Å². The molecule has 0 aromatic rings. The number of hydrogen-bond donors (Lipinski definition) is 3. The Balaban J connectivity index is 3.63. The van der Waals surface area contributed by atoms with Gasteiger partial charge in [0.25, 0.3) is 0 Å². The van der Waals surface area contributed by atoms with Gasteiger partial charge in [-0.25, -0.2) is 0 Å². The van der Waals surface area contributed by atoms with E-state index in [4.69, 9.17) is 14.9 Å². The first kappa shape index (κ1) is 10.2. The second kappa shape index (κ2) is 4.18. The van der Waals surface area contributed by atoms with Crippen molar-refractivity contribution in [1.29, 1.82) is 0 Å². The van der Waals surface area contributed by atoms with E-state index in [1.165, 1.54) is 6.92 Å². The third-order valence-electron chi connectivity index (χ3n) is 1.10. The van der Waals surface area contributed by atoms with Crippen LogP contribution in [0.25, 0.3) is 0 Å². The van der Waals surface area contributed by atoms with E-state index in [0.29, 0.717) is 0 Å². The maximum atomic E-state index is 8.96. The Morgan fingerprint density at radius 2 is 2.30 bits per heavy atom. The third-order valence-corrected chi connectivity index (χ3v) is 1.60. The van der Waals surface area contributed by atoms with Crippen LogP contribution in [0.15, 0.2) is 0 Å². The van der Waals surface area contributed by atoms with Gasteiger partial charge in [0.15, 0.2) is 0 Å². The number of rotatable bonds is 4. The monoisotopic (exact) mass is 165 g/mol. The number of thiol groups is 1. The van der Waals surface area contributed by atoms with Crippen LogP contribution < -0.4 is 0 Å².